The third-order valence-electron chi connectivity index (χ3n) is 0.246. The van der Waals surface area contributed by atoms with Gasteiger partial charge in [-0.05, 0) is 0 Å². The second-order valence-corrected chi connectivity index (χ2v) is 1.21. The van der Waals surface area contributed by atoms with Gasteiger partial charge in [0.25, 0.3) is 0 Å². The van der Waals surface area contributed by atoms with Crippen molar-refractivity contribution in [3.63, 3.8) is 0 Å². The number of ether oxygens (including phenoxy) is 1. The van der Waals surface area contributed by atoms with Crippen molar-refractivity contribution in [3.05, 3.63) is 0 Å². The van der Waals surface area contributed by atoms with Gasteiger partial charge >= 0.3 is 5.44 Å². The summed E-state index contributed by atoms with van der Waals surface area (Å²) in [7, 11) is 0.882. The summed E-state index contributed by atoms with van der Waals surface area (Å²) in [6.45, 7) is 0. The van der Waals surface area contributed by atoms with Crippen LogP contribution in [0.1, 0.15) is 0 Å². The fourth-order valence-corrected chi connectivity index (χ4v) is 0. The molecule has 0 aromatic carbocycles. The summed E-state index contributed by atoms with van der Waals surface area (Å²) >= 11 is 2.70. The molecule has 6 heavy (non-hydrogen) atoms. The van der Waals surface area contributed by atoms with Crippen molar-refractivity contribution in [2.75, 3.05) is 7.11 Å². The zero-order valence-electron chi connectivity index (χ0n) is 3.11. The Kier molecular flexibility index (Phi) is 1.80. The summed E-state index contributed by atoms with van der Waals surface area (Å²) in [5.41, 5.74) is -3.26. The normalized spacial score (nSPS) is 12.0. The third-order valence-corrected chi connectivity index (χ3v) is 0.428. The largest absolute Gasteiger partial charge is 0.404 e. The summed E-state index contributed by atoms with van der Waals surface area (Å²) < 4.78 is 25.7. The Morgan fingerprint density at radius 1 is 1.67 bits per heavy atom. The second-order valence-electron chi connectivity index (χ2n) is 0.690. The van der Waals surface area contributed by atoms with Gasteiger partial charge in [-0.3, -0.25) is 0 Å². The molecule has 0 amide bonds. The smallest absolute Gasteiger partial charge is 0.315 e. The van der Waals surface area contributed by atoms with E-state index >= 15 is 0 Å². The molecule has 0 aliphatic heterocycles. The zero-order valence-corrected chi connectivity index (χ0v) is 4.01. The van der Waals surface area contributed by atoms with Crippen LogP contribution in [0.25, 0.3) is 0 Å². The summed E-state index contributed by atoms with van der Waals surface area (Å²) in [6, 6.07) is 0. The molecule has 0 radical (unpaired) electrons. The molecule has 0 N–H and O–H groups in total. The van der Waals surface area contributed by atoms with Gasteiger partial charge in [-0.25, -0.2) is 0 Å². The lowest BCUT2D eigenvalue weighted by atomic mass is 11.4. The number of thiol groups is 1. The van der Waals surface area contributed by atoms with Gasteiger partial charge in [0, 0.05) is 7.11 Å². The molecule has 0 aliphatic rings. The Labute approximate surface area is 39.7 Å². The molecule has 0 rings (SSSR count). The minimum absolute atomic E-state index is 0.882. The number of methoxy groups -OCH3 is 1. The Bertz CT molecular complexity index is 41.3. The highest BCUT2D eigenvalue weighted by Gasteiger charge is 2.19. The minimum atomic E-state index is -3.26. The first-order chi connectivity index (χ1) is 2.56. The van der Waals surface area contributed by atoms with Crippen LogP contribution in [0.2, 0.25) is 0 Å². The van der Waals surface area contributed by atoms with Gasteiger partial charge in [0.15, 0.2) is 0 Å². The maximum absolute atomic E-state index is 11.1. The quantitative estimate of drug-likeness (QED) is 0.397. The Hall–Kier alpha value is 0.170. The first kappa shape index (κ1) is 6.17. The van der Waals surface area contributed by atoms with Crippen LogP contribution >= 0.6 is 12.6 Å². The molecule has 38 valence electrons. The van der Waals surface area contributed by atoms with Gasteiger partial charge in [-0.1, -0.05) is 12.6 Å². The number of rotatable bonds is 1. The molecule has 0 fully saturated rings. The fraction of sp³-hybridized carbons (Fsp3) is 1.00. The van der Waals surface area contributed by atoms with Crippen molar-refractivity contribution in [1.82, 2.24) is 0 Å². The number of hydrogen-bond donors (Lipinski definition) is 1. The molecule has 0 unspecified atom stereocenters. The van der Waals surface area contributed by atoms with Crippen molar-refractivity contribution in [1.29, 1.82) is 0 Å². The van der Waals surface area contributed by atoms with Crippen molar-refractivity contribution in [2.24, 2.45) is 0 Å². The van der Waals surface area contributed by atoms with E-state index in [2.05, 4.69) is 17.4 Å². The van der Waals surface area contributed by atoms with Gasteiger partial charge in [0.1, 0.15) is 0 Å². The van der Waals surface area contributed by atoms with Crippen LogP contribution in [-0.2, 0) is 4.74 Å². The zero-order chi connectivity index (χ0) is 5.21. The molecule has 0 saturated carbocycles. The highest BCUT2D eigenvalue weighted by atomic mass is 32.1. The van der Waals surface area contributed by atoms with Crippen molar-refractivity contribution >= 4 is 12.6 Å². The standard InChI is InChI=1S/C2H4F2OS/c1-5-2(3,4)6/h6H,1H3. The average molecular weight is 114 g/mol. The lowest BCUT2D eigenvalue weighted by Crippen LogP contribution is -2.06. The minimum Gasteiger partial charge on any atom is -0.315 e. The van der Waals surface area contributed by atoms with Crippen molar-refractivity contribution in [3.8, 4) is 0 Å². The molecule has 0 spiro atoms. The van der Waals surface area contributed by atoms with Crippen LogP contribution in [0.4, 0.5) is 8.78 Å². The lowest BCUT2D eigenvalue weighted by molar-refractivity contribution is -0.138. The number of halogens is 2. The van der Waals surface area contributed by atoms with E-state index in [0.29, 0.717) is 0 Å². The third kappa shape index (κ3) is 4.17. The molecule has 4 heteroatoms. The van der Waals surface area contributed by atoms with Crippen molar-refractivity contribution < 1.29 is 13.5 Å². The van der Waals surface area contributed by atoms with Crippen LogP contribution < -0.4 is 0 Å². The van der Waals surface area contributed by atoms with Crippen LogP contribution in [0.15, 0.2) is 0 Å². The maximum atomic E-state index is 11.1. The van der Waals surface area contributed by atoms with Crippen molar-refractivity contribution in [2.45, 2.75) is 5.44 Å². The summed E-state index contributed by atoms with van der Waals surface area (Å²) in [5.74, 6) is 0. The van der Waals surface area contributed by atoms with E-state index in [1.807, 2.05) is 0 Å². The summed E-state index contributed by atoms with van der Waals surface area (Å²) in [4.78, 5) is 0. The fourth-order valence-electron chi connectivity index (χ4n) is 0. The van der Waals surface area contributed by atoms with Crippen LogP contribution in [0.5, 0.6) is 0 Å². The number of hydrogen-bond acceptors (Lipinski definition) is 2. The van der Waals surface area contributed by atoms with Gasteiger partial charge in [-0.15, -0.1) is 0 Å². The molecule has 0 saturated heterocycles. The molecule has 0 aromatic rings. The van der Waals surface area contributed by atoms with Crippen LogP contribution in [0, 0.1) is 0 Å². The van der Waals surface area contributed by atoms with E-state index in [1.165, 1.54) is 0 Å². The molecule has 1 nitrogen and oxygen atoms in total. The predicted octanol–water partition coefficient (Wildman–Crippen LogP) is 1.11. The van der Waals surface area contributed by atoms with E-state index in [4.69, 9.17) is 0 Å². The molecule has 0 heterocycles. The Morgan fingerprint density at radius 3 is 1.83 bits per heavy atom. The van der Waals surface area contributed by atoms with E-state index in [1.54, 1.807) is 0 Å². The molecular weight excluding hydrogens is 110 g/mol. The number of alkyl halides is 2. The molecule has 0 aromatic heterocycles. The molecule has 0 aliphatic carbocycles. The van der Waals surface area contributed by atoms with Gasteiger partial charge in [0.05, 0.1) is 0 Å². The van der Waals surface area contributed by atoms with E-state index in [9.17, 15) is 8.78 Å². The van der Waals surface area contributed by atoms with Gasteiger partial charge in [0.2, 0.25) is 0 Å². The summed E-state index contributed by atoms with van der Waals surface area (Å²) in [5, 5.41) is 0. The first-order valence-corrected chi connectivity index (χ1v) is 1.66. The molecule has 0 atom stereocenters. The highest BCUT2D eigenvalue weighted by molar-refractivity contribution is 7.81. The SMILES string of the molecule is COC(F)(F)S. The topological polar surface area (TPSA) is 9.23 Å². The highest BCUT2D eigenvalue weighted by Crippen LogP contribution is 2.16. The van der Waals surface area contributed by atoms with Crippen LogP contribution in [0.3, 0.4) is 0 Å². The monoisotopic (exact) mass is 114 g/mol. The maximum Gasteiger partial charge on any atom is 0.404 e. The first-order valence-electron chi connectivity index (χ1n) is 1.21. The second kappa shape index (κ2) is 1.75. The van der Waals surface area contributed by atoms with Gasteiger partial charge < -0.3 is 4.74 Å². The lowest BCUT2D eigenvalue weighted by Gasteiger charge is -2.01. The van der Waals surface area contributed by atoms with Gasteiger partial charge in [-0.2, -0.15) is 8.78 Å². The molecule has 0 bridgehead atoms. The van der Waals surface area contributed by atoms with E-state index < -0.39 is 5.44 Å². The van der Waals surface area contributed by atoms with E-state index in [-0.39, 0.29) is 0 Å². The van der Waals surface area contributed by atoms with E-state index in [0.717, 1.165) is 7.11 Å². The Balaban J connectivity index is 3.17. The summed E-state index contributed by atoms with van der Waals surface area (Å²) in [6.07, 6.45) is 0. The molecular formula is C2H4F2OS. The predicted molar refractivity (Wildman–Crippen MR) is 20.9 cm³/mol. The Morgan fingerprint density at radius 2 is 1.83 bits per heavy atom. The average Bonchev–Trinajstić information content (AvgIpc) is 1.35. The van der Waals surface area contributed by atoms with Crippen LogP contribution in [-0.4, -0.2) is 12.6 Å².